The molecule has 0 saturated carbocycles. The minimum absolute atomic E-state index is 0. The Bertz CT molecular complexity index is 68.6. The summed E-state index contributed by atoms with van der Waals surface area (Å²) in [6.07, 6.45) is 4.17. The van der Waals surface area contributed by atoms with Crippen LogP contribution < -0.4 is 10.2 Å². The van der Waals surface area contributed by atoms with Crippen molar-refractivity contribution >= 4 is 23.1 Å². The molecule has 15 heavy (non-hydrogen) atoms. The third-order valence-corrected chi connectivity index (χ3v) is 2.78. The molecule has 0 amide bonds. The minimum atomic E-state index is 0. The maximum Gasteiger partial charge on any atom is 2.00 e. The normalized spacial score (nSPS) is 9.60. The van der Waals surface area contributed by atoms with Crippen LogP contribution in [0.1, 0.15) is 53.4 Å². The van der Waals surface area contributed by atoms with E-state index < -0.39 is 0 Å². The topological polar surface area (TPSA) is 46.1 Å². The average molecular weight is 227 g/mol. The van der Waals surface area contributed by atoms with Crippen LogP contribution in [0.4, 0.5) is 0 Å². The van der Waals surface area contributed by atoms with Gasteiger partial charge in [0, 0.05) is 0 Å². The van der Waals surface area contributed by atoms with Crippen molar-refractivity contribution in [1.82, 2.24) is 0 Å². The van der Waals surface area contributed by atoms with Gasteiger partial charge < -0.3 is 10.2 Å². The van der Waals surface area contributed by atoms with Crippen LogP contribution in [0.2, 0.25) is 0 Å². The zero-order valence-electron chi connectivity index (χ0n) is 10.9. The Morgan fingerprint density at radius 1 is 0.667 bits per heavy atom. The van der Waals surface area contributed by atoms with E-state index in [4.69, 9.17) is 0 Å². The number of rotatable bonds is 6. The summed E-state index contributed by atoms with van der Waals surface area (Å²) in [5.74, 6) is 0.861. The second-order valence-electron chi connectivity index (χ2n) is 3.70. The molecule has 0 aliphatic heterocycles. The van der Waals surface area contributed by atoms with Crippen LogP contribution in [0.25, 0.3) is 0 Å². The summed E-state index contributed by atoms with van der Waals surface area (Å²) < 4.78 is 0. The zero-order valence-corrected chi connectivity index (χ0v) is 12.3. The van der Waals surface area contributed by atoms with Gasteiger partial charge in [-0.1, -0.05) is 65.2 Å². The maximum absolute atomic E-state index is 10.1. The monoisotopic (exact) mass is 226 g/mol. The predicted molar refractivity (Wildman–Crippen MR) is 63.6 cm³/mol. The van der Waals surface area contributed by atoms with Gasteiger partial charge in [0.1, 0.15) is 0 Å². The van der Waals surface area contributed by atoms with Gasteiger partial charge in [-0.25, -0.2) is 0 Å². The molecule has 0 bridgehead atoms. The molecule has 0 fully saturated rings. The third kappa shape index (κ3) is 14.7. The van der Waals surface area contributed by atoms with Crippen LogP contribution >= 0.6 is 0 Å². The van der Waals surface area contributed by atoms with Gasteiger partial charge in [0.2, 0.25) is 0 Å². The second-order valence-corrected chi connectivity index (χ2v) is 3.70. The summed E-state index contributed by atoms with van der Waals surface area (Å²) in [5, 5.41) is 20.2. The molecule has 0 spiro atoms. The fraction of sp³-hybridized carbons (Fsp3) is 1.00. The Morgan fingerprint density at radius 2 is 0.867 bits per heavy atom. The van der Waals surface area contributed by atoms with Gasteiger partial charge in [0.05, 0.1) is 0 Å². The molecular weight excluding hydrogens is 200 g/mol. The van der Waals surface area contributed by atoms with Crippen molar-refractivity contribution in [3.63, 3.8) is 0 Å². The largest absolute Gasteiger partial charge is 2.00 e. The van der Waals surface area contributed by atoms with Crippen molar-refractivity contribution < 1.29 is 10.2 Å². The Kier molecular flexibility index (Phi) is 24.0. The first-order chi connectivity index (χ1) is 6.69. The van der Waals surface area contributed by atoms with Crippen LogP contribution in [0.5, 0.6) is 0 Å². The van der Waals surface area contributed by atoms with Gasteiger partial charge in [-0.05, 0) is 0 Å². The van der Waals surface area contributed by atoms with Gasteiger partial charge in [-0.15, -0.1) is 13.2 Å². The predicted octanol–water partition coefficient (Wildman–Crippen LogP) is 1.19. The zero-order chi connectivity index (χ0) is 11.4. The molecule has 0 N–H and O–H groups in total. The first-order valence-electron chi connectivity index (χ1n) is 5.86. The quantitative estimate of drug-likeness (QED) is 0.639. The van der Waals surface area contributed by atoms with E-state index in [-0.39, 0.29) is 36.3 Å². The summed E-state index contributed by atoms with van der Waals surface area (Å²) >= 11 is 0. The van der Waals surface area contributed by atoms with Crippen LogP contribution in [-0.4, -0.2) is 36.3 Å². The van der Waals surface area contributed by atoms with Crippen molar-refractivity contribution in [3.05, 3.63) is 0 Å². The summed E-state index contributed by atoms with van der Waals surface area (Å²) in [6.45, 7) is 8.45. The van der Waals surface area contributed by atoms with Crippen LogP contribution in [-0.2, 0) is 0 Å². The summed E-state index contributed by atoms with van der Waals surface area (Å²) in [6, 6.07) is 0. The van der Waals surface area contributed by atoms with E-state index >= 15 is 0 Å². The summed E-state index contributed by atoms with van der Waals surface area (Å²) in [5.41, 5.74) is 0. The molecule has 0 aliphatic carbocycles. The Morgan fingerprint density at radius 3 is 0.867 bits per heavy atom. The first-order valence-corrected chi connectivity index (χ1v) is 5.86. The van der Waals surface area contributed by atoms with E-state index in [1.165, 1.54) is 0 Å². The number of hydrogen-bond acceptors (Lipinski definition) is 2. The molecule has 0 atom stereocenters. The third-order valence-electron chi connectivity index (χ3n) is 2.78. The van der Waals surface area contributed by atoms with Gasteiger partial charge in [-0.3, -0.25) is 0 Å². The Hall–Kier alpha value is 0.686. The van der Waals surface area contributed by atoms with Gasteiger partial charge in [0.15, 0.2) is 0 Å². The van der Waals surface area contributed by atoms with E-state index in [2.05, 4.69) is 27.7 Å². The van der Waals surface area contributed by atoms with Crippen molar-refractivity contribution in [2.24, 2.45) is 11.8 Å². The Balaban J connectivity index is -0.000000180. The van der Waals surface area contributed by atoms with Crippen LogP contribution in [0, 0.1) is 11.8 Å². The molecule has 0 heterocycles. The molecule has 0 unspecified atom stereocenters. The van der Waals surface area contributed by atoms with Gasteiger partial charge in [0.25, 0.3) is 0 Å². The van der Waals surface area contributed by atoms with Gasteiger partial charge >= 0.3 is 23.1 Å². The minimum Gasteiger partial charge on any atom is -0.854 e. The fourth-order valence-electron chi connectivity index (χ4n) is 1.05. The molecule has 0 rings (SSSR count). The van der Waals surface area contributed by atoms with Crippen LogP contribution in [0.3, 0.4) is 0 Å². The molecule has 3 heteroatoms. The summed E-state index contributed by atoms with van der Waals surface area (Å²) in [4.78, 5) is 0. The molecule has 0 aromatic rings. The number of hydrogen-bond donors (Lipinski definition) is 0. The molecule has 0 radical (unpaired) electrons. The van der Waals surface area contributed by atoms with Crippen molar-refractivity contribution in [2.75, 3.05) is 13.2 Å². The van der Waals surface area contributed by atoms with E-state index in [0.29, 0.717) is 11.8 Å². The van der Waals surface area contributed by atoms with Crippen LogP contribution in [0.15, 0.2) is 0 Å². The molecule has 0 saturated heterocycles. The molecular formula is C12H26MgO2. The molecule has 0 aromatic heterocycles. The maximum atomic E-state index is 10.1. The molecule has 2 nitrogen and oxygen atoms in total. The average Bonchev–Trinajstić information content (AvgIpc) is 2.24. The standard InChI is InChI=1S/2C6H13O.Mg/c2*1-3-6(4-2)5-7;/h2*6H,3-5H2,1-2H3;/q2*-1;+2. The second kappa shape index (κ2) is 17.1. The Labute approximate surface area is 112 Å². The summed E-state index contributed by atoms with van der Waals surface area (Å²) in [7, 11) is 0. The van der Waals surface area contributed by atoms with E-state index in [9.17, 15) is 10.2 Å². The first kappa shape index (κ1) is 21.0. The molecule has 0 aromatic carbocycles. The fourth-order valence-corrected chi connectivity index (χ4v) is 1.05. The SMILES string of the molecule is CCC(CC)C[O-].CCC(CC)C[O-].[Mg+2]. The molecule has 0 aliphatic rings. The smallest absolute Gasteiger partial charge is 0.854 e. The van der Waals surface area contributed by atoms with E-state index in [1.807, 2.05) is 0 Å². The molecule has 88 valence electrons. The van der Waals surface area contributed by atoms with Crippen molar-refractivity contribution in [3.8, 4) is 0 Å². The van der Waals surface area contributed by atoms with E-state index in [1.54, 1.807) is 0 Å². The van der Waals surface area contributed by atoms with Crippen molar-refractivity contribution in [2.45, 2.75) is 53.4 Å². The van der Waals surface area contributed by atoms with E-state index in [0.717, 1.165) is 25.7 Å². The van der Waals surface area contributed by atoms with Gasteiger partial charge in [-0.2, -0.15) is 0 Å². The van der Waals surface area contributed by atoms with Crippen molar-refractivity contribution in [1.29, 1.82) is 0 Å².